The molecule has 0 aliphatic rings. The lowest BCUT2D eigenvalue weighted by atomic mass is 10.1. The highest BCUT2D eigenvalue weighted by Crippen LogP contribution is 2.30. The number of methoxy groups -OCH3 is 1. The van der Waals surface area contributed by atoms with Crippen LogP contribution in [0.1, 0.15) is 35.8 Å². The maximum atomic E-state index is 14.2. The van der Waals surface area contributed by atoms with Crippen LogP contribution in [0.5, 0.6) is 17.2 Å². The number of benzene rings is 2. The van der Waals surface area contributed by atoms with Crippen LogP contribution in [0.3, 0.4) is 0 Å². The van der Waals surface area contributed by atoms with Gasteiger partial charge in [0.05, 0.1) is 25.3 Å². The van der Waals surface area contributed by atoms with Gasteiger partial charge in [-0.25, -0.2) is 9.18 Å². The van der Waals surface area contributed by atoms with Gasteiger partial charge in [-0.15, -0.1) is 0 Å². The molecule has 0 bridgehead atoms. The number of aliphatic carboxylic acids is 1. The Morgan fingerprint density at radius 1 is 1.14 bits per heavy atom. The van der Waals surface area contributed by atoms with Gasteiger partial charge in [0.2, 0.25) is 0 Å². The SMILES string of the molecule is CCOc1cc(C(=O)NC(C)c2c(F)cccc2OC)ccc1OCC(=O)O. The number of halogens is 1. The van der Waals surface area contributed by atoms with Crippen molar-refractivity contribution in [1.82, 2.24) is 5.32 Å². The van der Waals surface area contributed by atoms with Crippen LogP contribution < -0.4 is 19.5 Å². The van der Waals surface area contributed by atoms with Crippen molar-refractivity contribution in [3.05, 3.63) is 53.3 Å². The first-order valence-electron chi connectivity index (χ1n) is 8.62. The fraction of sp³-hybridized carbons (Fsp3) is 0.300. The molecule has 0 aromatic heterocycles. The molecule has 0 saturated carbocycles. The van der Waals surface area contributed by atoms with E-state index in [9.17, 15) is 14.0 Å². The number of hydrogen-bond acceptors (Lipinski definition) is 5. The Kier molecular flexibility index (Phi) is 7.20. The second-order valence-corrected chi connectivity index (χ2v) is 5.83. The molecule has 2 aromatic rings. The molecule has 1 amide bonds. The Hall–Kier alpha value is -3.29. The molecule has 2 aromatic carbocycles. The Morgan fingerprint density at radius 3 is 2.54 bits per heavy atom. The van der Waals surface area contributed by atoms with Gasteiger partial charge in [0.15, 0.2) is 18.1 Å². The molecule has 0 fully saturated rings. The number of carbonyl (C=O) groups excluding carboxylic acids is 1. The van der Waals surface area contributed by atoms with E-state index in [-0.39, 0.29) is 22.6 Å². The summed E-state index contributed by atoms with van der Waals surface area (Å²) >= 11 is 0. The summed E-state index contributed by atoms with van der Waals surface area (Å²) in [6.07, 6.45) is 0. The van der Waals surface area contributed by atoms with Crippen molar-refractivity contribution in [2.75, 3.05) is 20.3 Å². The summed E-state index contributed by atoms with van der Waals surface area (Å²) in [5.74, 6) is -1.28. The predicted molar refractivity (Wildman–Crippen MR) is 99.6 cm³/mol. The van der Waals surface area contributed by atoms with E-state index in [0.29, 0.717) is 12.4 Å². The van der Waals surface area contributed by atoms with Crippen molar-refractivity contribution in [1.29, 1.82) is 0 Å². The Bertz CT molecular complexity index is 855. The standard InChI is InChI=1S/C20H22FNO6/c1-4-27-17-10-13(8-9-15(17)28-11-18(23)24)20(25)22-12(2)19-14(21)6-5-7-16(19)26-3/h5-10,12H,4,11H2,1-3H3,(H,22,25)(H,23,24). The highest BCUT2D eigenvalue weighted by atomic mass is 19.1. The van der Waals surface area contributed by atoms with Gasteiger partial charge >= 0.3 is 5.97 Å². The van der Waals surface area contributed by atoms with E-state index < -0.39 is 30.3 Å². The molecule has 1 atom stereocenters. The number of carboxylic acid groups (broad SMARTS) is 1. The number of nitrogens with one attached hydrogen (secondary N) is 1. The average Bonchev–Trinajstić information content (AvgIpc) is 2.66. The highest BCUT2D eigenvalue weighted by molar-refractivity contribution is 5.95. The lowest BCUT2D eigenvalue weighted by Crippen LogP contribution is -2.27. The maximum absolute atomic E-state index is 14.2. The summed E-state index contributed by atoms with van der Waals surface area (Å²) in [5, 5.41) is 11.5. The van der Waals surface area contributed by atoms with Crippen LogP contribution in [-0.4, -0.2) is 37.3 Å². The second-order valence-electron chi connectivity index (χ2n) is 5.83. The van der Waals surface area contributed by atoms with Crippen molar-refractivity contribution in [3.63, 3.8) is 0 Å². The minimum absolute atomic E-state index is 0.213. The van der Waals surface area contributed by atoms with E-state index >= 15 is 0 Å². The minimum atomic E-state index is -1.13. The molecule has 0 spiro atoms. The van der Waals surface area contributed by atoms with Gasteiger partial charge in [-0.1, -0.05) is 6.07 Å². The average molecular weight is 391 g/mol. The van der Waals surface area contributed by atoms with Gasteiger partial charge in [0, 0.05) is 5.56 Å². The van der Waals surface area contributed by atoms with Crippen LogP contribution in [-0.2, 0) is 4.79 Å². The van der Waals surface area contributed by atoms with Crippen LogP contribution in [0.2, 0.25) is 0 Å². The zero-order chi connectivity index (χ0) is 20.7. The molecule has 1 unspecified atom stereocenters. The number of hydrogen-bond donors (Lipinski definition) is 2. The summed E-state index contributed by atoms with van der Waals surface area (Å²) in [7, 11) is 1.43. The monoisotopic (exact) mass is 391 g/mol. The lowest BCUT2D eigenvalue weighted by Gasteiger charge is -2.18. The van der Waals surface area contributed by atoms with Crippen LogP contribution in [0.25, 0.3) is 0 Å². The predicted octanol–water partition coefficient (Wildman–Crippen LogP) is 3.19. The summed E-state index contributed by atoms with van der Waals surface area (Å²) in [4.78, 5) is 23.3. The molecule has 0 radical (unpaired) electrons. The molecular weight excluding hydrogens is 369 g/mol. The highest BCUT2D eigenvalue weighted by Gasteiger charge is 2.20. The lowest BCUT2D eigenvalue weighted by molar-refractivity contribution is -0.139. The zero-order valence-electron chi connectivity index (χ0n) is 15.8. The third-order valence-electron chi connectivity index (χ3n) is 3.87. The van der Waals surface area contributed by atoms with Crippen molar-refractivity contribution in [2.45, 2.75) is 19.9 Å². The molecule has 0 aliphatic carbocycles. The van der Waals surface area contributed by atoms with Gasteiger partial charge in [-0.2, -0.15) is 0 Å². The maximum Gasteiger partial charge on any atom is 0.341 e. The zero-order valence-corrected chi connectivity index (χ0v) is 15.8. The quantitative estimate of drug-likeness (QED) is 0.682. The van der Waals surface area contributed by atoms with E-state index in [4.69, 9.17) is 19.3 Å². The third kappa shape index (κ3) is 5.12. The molecule has 0 aliphatic heterocycles. The molecule has 0 saturated heterocycles. The van der Waals surface area contributed by atoms with E-state index in [2.05, 4.69) is 5.32 Å². The largest absolute Gasteiger partial charge is 0.496 e. The smallest absolute Gasteiger partial charge is 0.341 e. The van der Waals surface area contributed by atoms with Crippen LogP contribution >= 0.6 is 0 Å². The fourth-order valence-electron chi connectivity index (χ4n) is 2.64. The molecule has 0 heterocycles. The van der Waals surface area contributed by atoms with E-state index in [1.54, 1.807) is 19.9 Å². The molecule has 2 rings (SSSR count). The van der Waals surface area contributed by atoms with Gasteiger partial charge in [-0.3, -0.25) is 4.79 Å². The Labute approximate surface area is 162 Å². The number of carbonyl (C=O) groups is 2. The topological polar surface area (TPSA) is 94.1 Å². The summed E-state index contributed by atoms with van der Waals surface area (Å²) in [5.41, 5.74) is 0.498. The van der Waals surface area contributed by atoms with E-state index in [1.165, 1.54) is 37.4 Å². The van der Waals surface area contributed by atoms with Gasteiger partial charge in [0.25, 0.3) is 5.91 Å². The normalized spacial score (nSPS) is 11.4. The van der Waals surface area contributed by atoms with E-state index in [1.807, 2.05) is 0 Å². The van der Waals surface area contributed by atoms with Crippen molar-refractivity contribution >= 4 is 11.9 Å². The van der Waals surface area contributed by atoms with Crippen LogP contribution in [0.4, 0.5) is 4.39 Å². The molecule has 150 valence electrons. The number of rotatable bonds is 9. The summed E-state index contributed by atoms with van der Waals surface area (Å²) in [6, 6.07) is 8.16. The molecule has 28 heavy (non-hydrogen) atoms. The first-order chi connectivity index (χ1) is 13.4. The molecule has 2 N–H and O–H groups in total. The van der Waals surface area contributed by atoms with Crippen molar-refractivity contribution in [3.8, 4) is 17.2 Å². The number of ether oxygens (including phenoxy) is 3. The van der Waals surface area contributed by atoms with Crippen LogP contribution in [0, 0.1) is 5.82 Å². The third-order valence-corrected chi connectivity index (χ3v) is 3.87. The van der Waals surface area contributed by atoms with Crippen LogP contribution in [0.15, 0.2) is 36.4 Å². The second kappa shape index (κ2) is 9.59. The fourth-order valence-corrected chi connectivity index (χ4v) is 2.64. The Morgan fingerprint density at radius 2 is 1.89 bits per heavy atom. The number of carboxylic acids is 1. The molecule has 7 nitrogen and oxygen atoms in total. The van der Waals surface area contributed by atoms with Crippen molar-refractivity contribution in [2.24, 2.45) is 0 Å². The minimum Gasteiger partial charge on any atom is -0.496 e. The summed E-state index contributed by atoms with van der Waals surface area (Å²) < 4.78 is 30.0. The molecular formula is C20H22FNO6. The Balaban J connectivity index is 2.22. The van der Waals surface area contributed by atoms with Gasteiger partial charge in [-0.05, 0) is 44.2 Å². The first kappa shape index (κ1) is 21.0. The van der Waals surface area contributed by atoms with E-state index in [0.717, 1.165) is 0 Å². The first-order valence-corrected chi connectivity index (χ1v) is 8.62. The summed E-state index contributed by atoms with van der Waals surface area (Å²) in [6.45, 7) is 3.17. The van der Waals surface area contributed by atoms with Crippen molar-refractivity contribution < 1.29 is 33.3 Å². The number of amides is 1. The van der Waals surface area contributed by atoms with Gasteiger partial charge < -0.3 is 24.6 Å². The molecule has 8 heteroatoms. The van der Waals surface area contributed by atoms with Gasteiger partial charge in [0.1, 0.15) is 11.6 Å².